The number of ether oxygens (including phenoxy) is 2. The number of piperazine rings is 1. The number of benzene rings is 3. The maximum atomic E-state index is 13.8. The Balaban J connectivity index is 1.44. The van der Waals surface area contributed by atoms with E-state index in [0.29, 0.717) is 55.0 Å². The molecule has 0 bridgehead atoms. The van der Waals surface area contributed by atoms with Crippen LogP contribution in [0.5, 0.6) is 17.2 Å². The third kappa shape index (κ3) is 5.78. The lowest BCUT2D eigenvalue weighted by molar-refractivity contribution is -0.145. The van der Waals surface area contributed by atoms with Gasteiger partial charge < -0.3 is 24.4 Å². The van der Waals surface area contributed by atoms with E-state index >= 15 is 0 Å². The molecule has 1 fully saturated rings. The number of carbonyl (C=O) groups excluding carboxylic acids is 2. The summed E-state index contributed by atoms with van der Waals surface area (Å²) in [7, 11) is -0.777. The largest absolute Gasteiger partial charge is 0.507 e. The van der Waals surface area contributed by atoms with Crippen molar-refractivity contribution in [3.05, 3.63) is 83.1 Å². The molecule has 0 spiro atoms. The number of amides is 2. The zero-order valence-corrected chi connectivity index (χ0v) is 24.5. The van der Waals surface area contributed by atoms with Crippen molar-refractivity contribution < 1.29 is 32.6 Å². The van der Waals surface area contributed by atoms with Crippen molar-refractivity contribution in [3.63, 3.8) is 0 Å². The number of hydrogen-bond acceptors (Lipinski definition) is 7. The summed E-state index contributed by atoms with van der Waals surface area (Å²) in [6.45, 7) is 2.51. The first-order valence-electron chi connectivity index (χ1n) is 13.6. The second-order valence-corrected chi connectivity index (χ2v) is 12.0. The van der Waals surface area contributed by atoms with Crippen LogP contribution in [0.15, 0.2) is 71.3 Å². The first kappa shape index (κ1) is 29.0. The number of nitrogens with zero attached hydrogens (tertiary/aromatic N) is 2. The van der Waals surface area contributed by atoms with Gasteiger partial charge in [-0.25, -0.2) is 8.42 Å². The lowest BCUT2D eigenvalue weighted by atomic mass is 9.92. The minimum absolute atomic E-state index is 0.0503. The fourth-order valence-electron chi connectivity index (χ4n) is 5.29. The van der Waals surface area contributed by atoms with Crippen molar-refractivity contribution in [2.75, 3.05) is 38.6 Å². The number of hydrogen-bond donors (Lipinski definition) is 2. The van der Waals surface area contributed by atoms with Gasteiger partial charge in [0, 0.05) is 24.3 Å². The monoisotopic (exact) mass is 591 g/mol. The molecule has 0 aliphatic carbocycles. The van der Waals surface area contributed by atoms with Gasteiger partial charge >= 0.3 is 0 Å². The predicted octanol–water partition coefficient (Wildman–Crippen LogP) is 3.94. The molecular formula is C31H33N3O7S. The Hall–Kier alpha value is -4.51. The number of aryl methyl sites for hydroxylation is 1. The minimum atomic E-state index is -3.89. The molecule has 1 saturated heterocycles. The number of aromatic hydroxyl groups is 1. The van der Waals surface area contributed by atoms with Crippen molar-refractivity contribution in [2.45, 2.75) is 31.1 Å². The van der Waals surface area contributed by atoms with Gasteiger partial charge in [-0.3, -0.25) is 14.3 Å². The van der Waals surface area contributed by atoms with E-state index in [1.54, 1.807) is 32.4 Å². The van der Waals surface area contributed by atoms with E-state index in [4.69, 9.17) is 9.47 Å². The molecule has 0 unspecified atom stereocenters. The number of carbonyl (C=O) groups is 2. The number of sulfonamides is 1. The number of nitrogens with one attached hydrogen (secondary N) is 1. The average molecular weight is 592 g/mol. The summed E-state index contributed by atoms with van der Waals surface area (Å²) < 4.78 is 39.2. The Morgan fingerprint density at radius 3 is 2.40 bits per heavy atom. The minimum Gasteiger partial charge on any atom is -0.507 e. The van der Waals surface area contributed by atoms with Crippen molar-refractivity contribution >= 4 is 33.1 Å². The number of rotatable bonds is 9. The molecule has 2 aliphatic rings. The fourth-order valence-corrected chi connectivity index (χ4v) is 6.34. The number of fused-ring (bicyclic) bond motifs is 1. The summed E-state index contributed by atoms with van der Waals surface area (Å²) in [5.74, 6) is 0.550. The SMILES string of the molecule is COc1ccc(CCN2CC(=O)N3CCCC(c4cc(NS(=O)(=O)c5ccc(C)cc5)ccc4O)=C3C2=O)cc1OC. The topological polar surface area (TPSA) is 125 Å². The highest BCUT2D eigenvalue weighted by atomic mass is 32.2. The molecule has 3 aromatic rings. The molecule has 10 nitrogen and oxygen atoms in total. The molecule has 42 heavy (non-hydrogen) atoms. The van der Waals surface area contributed by atoms with Crippen LogP contribution in [0.1, 0.15) is 29.5 Å². The second-order valence-electron chi connectivity index (χ2n) is 10.3. The van der Waals surface area contributed by atoms with Crippen LogP contribution < -0.4 is 14.2 Å². The lowest BCUT2D eigenvalue weighted by Crippen LogP contribution is -2.54. The van der Waals surface area contributed by atoms with Gasteiger partial charge in [-0.05, 0) is 79.8 Å². The van der Waals surface area contributed by atoms with Gasteiger partial charge in [-0.15, -0.1) is 0 Å². The molecule has 2 amide bonds. The van der Waals surface area contributed by atoms with Gasteiger partial charge in [-0.2, -0.15) is 0 Å². The molecular weight excluding hydrogens is 558 g/mol. The third-order valence-corrected chi connectivity index (χ3v) is 8.90. The van der Waals surface area contributed by atoms with E-state index in [1.807, 2.05) is 19.1 Å². The normalized spacial score (nSPS) is 15.5. The van der Waals surface area contributed by atoms with Crippen molar-refractivity contribution in [1.29, 1.82) is 0 Å². The number of methoxy groups -OCH3 is 2. The molecule has 0 radical (unpaired) electrons. The van der Waals surface area contributed by atoms with Crippen molar-refractivity contribution in [2.24, 2.45) is 0 Å². The van der Waals surface area contributed by atoms with Gasteiger partial charge in [0.1, 0.15) is 18.0 Å². The van der Waals surface area contributed by atoms with Gasteiger partial charge in [-0.1, -0.05) is 23.8 Å². The average Bonchev–Trinajstić information content (AvgIpc) is 2.98. The smallest absolute Gasteiger partial charge is 0.271 e. The Morgan fingerprint density at radius 2 is 1.69 bits per heavy atom. The van der Waals surface area contributed by atoms with Gasteiger partial charge in [0.25, 0.3) is 15.9 Å². The molecule has 0 aromatic heterocycles. The van der Waals surface area contributed by atoms with Crippen LogP contribution >= 0.6 is 0 Å². The first-order valence-corrected chi connectivity index (χ1v) is 15.1. The van der Waals surface area contributed by atoms with Crippen LogP contribution in [-0.2, 0) is 26.0 Å². The fraction of sp³-hybridized carbons (Fsp3) is 0.290. The zero-order chi connectivity index (χ0) is 30.0. The highest BCUT2D eigenvalue weighted by Crippen LogP contribution is 2.39. The number of allylic oxidation sites excluding steroid dienone is 1. The van der Waals surface area contributed by atoms with E-state index in [2.05, 4.69) is 4.72 Å². The second kappa shape index (κ2) is 11.8. The van der Waals surface area contributed by atoms with Gasteiger partial charge in [0.05, 0.1) is 19.1 Å². The standard InChI is InChI=1S/C31H33N3O7S/c1-20-6-10-23(11-7-20)42(38,39)32-22-9-12-26(35)25(18-22)24-5-4-15-34-29(36)19-33(31(37)30(24)34)16-14-21-8-13-27(40-2)28(17-21)41-3/h6-13,17-18,32,35H,4-5,14-16,19H2,1-3H3. The Bertz CT molecular complexity index is 1670. The molecule has 2 heterocycles. The van der Waals surface area contributed by atoms with Crippen LogP contribution in [0.25, 0.3) is 5.57 Å². The first-order chi connectivity index (χ1) is 20.1. The highest BCUT2D eigenvalue weighted by molar-refractivity contribution is 7.92. The van der Waals surface area contributed by atoms with E-state index in [-0.39, 0.29) is 40.4 Å². The maximum absolute atomic E-state index is 13.8. The summed E-state index contributed by atoms with van der Waals surface area (Å²) >= 11 is 0. The van der Waals surface area contributed by atoms with E-state index in [9.17, 15) is 23.1 Å². The van der Waals surface area contributed by atoms with Gasteiger partial charge in [0.15, 0.2) is 11.5 Å². The van der Waals surface area contributed by atoms with E-state index in [0.717, 1.165) is 11.1 Å². The predicted molar refractivity (Wildman–Crippen MR) is 158 cm³/mol. The molecule has 220 valence electrons. The Morgan fingerprint density at radius 1 is 0.952 bits per heavy atom. The Kier molecular flexibility index (Phi) is 8.13. The van der Waals surface area contributed by atoms with Crippen molar-refractivity contribution in [3.8, 4) is 17.2 Å². The quantitative estimate of drug-likeness (QED) is 0.361. The van der Waals surface area contributed by atoms with Crippen LogP contribution in [0.4, 0.5) is 5.69 Å². The molecule has 3 aromatic carbocycles. The Labute approximate surface area is 245 Å². The van der Waals surface area contributed by atoms with Crippen molar-refractivity contribution in [1.82, 2.24) is 9.80 Å². The molecule has 0 saturated carbocycles. The summed E-state index contributed by atoms with van der Waals surface area (Å²) in [5, 5.41) is 10.8. The van der Waals surface area contributed by atoms with Crippen LogP contribution in [-0.4, -0.2) is 69.0 Å². The van der Waals surface area contributed by atoms with Crippen LogP contribution in [0, 0.1) is 6.92 Å². The van der Waals surface area contributed by atoms with E-state index < -0.39 is 10.0 Å². The molecule has 2 aliphatic heterocycles. The zero-order valence-electron chi connectivity index (χ0n) is 23.7. The number of phenolic OH excluding ortho intramolecular Hbond substituents is 1. The summed E-state index contributed by atoms with van der Waals surface area (Å²) in [5.41, 5.74) is 3.11. The third-order valence-electron chi connectivity index (χ3n) is 7.50. The molecule has 5 rings (SSSR count). The van der Waals surface area contributed by atoms with E-state index in [1.165, 1.54) is 40.1 Å². The lowest BCUT2D eigenvalue weighted by Gasteiger charge is -2.39. The summed E-state index contributed by atoms with van der Waals surface area (Å²) in [6, 6.07) is 16.3. The molecule has 0 atom stereocenters. The van der Waals surface area contributed by atoms with Gasteiger partial charge in [0.2, 0.25) is 5.91 Å². The number of phenols is 1. The summed E-state index contributed by atoms with van der Waals surface area (Å²) in [4.78, 5) is 30.1. The number of anilines is 1. The molecule has 2 N–H and O–H groups in total. The maximum Gasteiger partial charge on any atom is 0.271 e. The highest BCUT2D eigenvalue weighted by Gasteiger charge is 2.39. The summed E-state index contributed by atoms with van der Waals surface area (Å²) in [6.07, 6.45) is 1.53. The van der Waals surface area contributed by atoms with Crippen LogP contribution in [0.2, 0.25) is 0 Å². The molecule has 11 heteroatoms. The van der Waals surface area contributed by atoms with Crippen LogP contribution in [0.3, 0.4) is 0 Å².